The minimum atomic E-state index is -4.80. The average Bonchev–Trinajstić information content (AvgIpc) is 3.22. The van der Waals surface area contributed by atoms with Crippen molar-refractivity contribution in [1.29, 1.82) is 0 Å². The standard InChI is InChI=1S/C14H21N3O8S/c18-13(15-24-11-3-8-6-23-7-9(8)4-11)12-2-1-10-5-16(12)14(19)17(10)25-26(20,21)22/h8-12H,1-7H2,(H,15,18)(H,20,21,22)/t8?,9?,10-,11?,12+/m1/s1. The maximum atomic E-state index is 12.4. The average molecular weight is 391 g/mol. The van der Waals surface area contributed by atoms with E-state index < -0.39 is 34.4 Å². The van der Waals surface area contributed by atoms with Crippen molar-refractivity contribution in [2.45, 2.75) is 43.9 Å². The molecule has 11 nitrogen and oxygen atoms in total. The van der Waals surface area contributed by atoms with Gasteiger partial charge in [0, 0.05) is 19.8 Å². The van der Waals surface area contributed by atoms with E-state index in [1.807, 2.05) is 0 Å². The molecule has 26 heavy (non-hydrogen) atoms. The maximum Gasteiger partial charge on any atom is 0.418 e. The van der Waals surface area contributed by atoms with Crippen molar-refractivity contribution in [3.8, 4) is 0 Å². The van der Waals surface area contributed by atoms with Crippen molar-refractivity contribution >= 4 is 22.3 Å². The number of carbonyl (C=O) groups is 2. The molecule has 0 aromatic carbocycles. The lowest BCUT2D eigenvalue weighted by molar-refractivity contribution is -0.144. The summed E-state index contributed by atoms with van der Waals surface area (Å²) >= 11 is 0. The van der Waals surface area contributed by atoms with Gasteiger partial charge in [-0.15, -0.1) is 4.28 Å². The molecule has 4 fully saturated rings. The molecule has 3 saturated heterocycles. The van der Waals surface area contributed by atoms with Crippen molar-refractivity contribution in [2.75, 3.05) is 19.8 Å². The van der Waals surface area contributed by atoms with Crippen LogP contribution in [0.4, 0.5) is 4.79 Å². The number of nitrogens with zero attached hydrogens (tertiary/aromatic N) is 2. The molecule has 3 aliphatic heterocycles. The first-order chi connectivity index (χ1) is 12.3. The first kappa shape index (κ1) is 17.9. The first-order valence-electron chi connectivity index (χ1n) is 8.62. The molecule has 146 valence electrons. The number of amides is 3. The van der Waals surface area contributed by atoms with Gasteiger partial charge < -0.3 is 9.64 Å². The number of hydroxylamine groups is 3. The van der Waals surface area contributed by atoms with Crippen LogP contribution in [0.3, 0.4) is 0 Å². The predicted octanol–water partition coefficient (Wildman–Crippen LogP) is -0.538. The van der Waals surface area contributed by atoms with E-state index >= 15 is 0 Å². The van der Waals surface area contributed by atoms with E-state index in [1.54, 1.807) is 0 Å². The third-order valence-corrected chi connectivity index (χ3v) is 5.94. The Bertz CT molecular complexity index is 688. The second kappa shape index (κ2) is 6.60. The molecular formula is C14H21N3O8S. The summed E-state index contributed by atoms with van der Waals surface area (Å²) in [6, 6.07) is -2.06. The highest BCUT2D eigenvalue weighted by molar-refractivity contribution is 7.80. The third kappa shape index (κ3) is 3.39. The van der Waals surface area contributed by atoms with Crippen LogP contribution in [-0.2, 0) is 29.1 Å². The largest absolute Gasteiger partial charge is 0.418 e. The molecule has 2 N–H and O–H groups in total. The van der Waals surface area contributed by atoms with Crippen molar-refractivity contribution in [3.63, 3.8) is 0 Å². The number of urea groups is 1. The third-order valence-electron chi connectivity index (χ3n) is 5.59. The van der Waals surface area contributed by atoms with E-state index in [1.165, 1.54) is 4.90 Å². The molecule has 2 bridgehead atoms. The molecule has 4 aliphatic rings. The zero-order valence-corrected chi connectivity index (χ0v) is 14.8. The number of nitrogens with one attached hydrogen (secondary N) is 1. The van der Waals surface area contributed by atoms with E-state index in [-0.39, 0.29) is 12.6 Å². The van der Waals surface area contributed by atoms with Crippen LogP contribution < -0.4 is 5.48 Å². The topological polar surface area (TPSA) is 135 Å². The Morgan fingerprint density at radius 1 is 1.23 bits per heavy atom. The Morgan fingerprint density at radius 3 is 2.58 bits per heavy atom. The lowest BCUT2D eigenvalue weighted by Crippen LogP contribution is -2.50. The summed E-state index contributed by atoms with van der Waals surface area (Å²) < 4.78 is 40.3. The summed E-state index contributed by atoms with van der Waals surface area (Å²) in [4.78, 5) is 31.5. The molecule has 0 aromatic heterocycles. The van der Waals surface area contributed by atoms with Crippen LogP contribution in [0, 0.1) is 11.8 Å². The summed E-state index contributed by atoms with van der Waals surface area (Å²) in [6.45, 7) is 1.61. The quantitative estimate of drug-likeness (QED) is 0.471. The van der Waals surface area contributed by atoms with Crippen LogP contribution in [-0.4, -0.2) is 72.8 Å². The van der Waals surface area contributed by atoms with E-state index in [0.717, 1.165) is 26.1 Å². The normalized spacial score (nSPS) is 36.5. The van der Waals surface area contributed by atoms with Crippen LogP contribution >= 0.6 is 0 Å². The van der Waals surface area contributed by atoms with Crippen LogP contribution in [0.2, 0.25) is 0 Å². The molecule has 2 unspecified atom stereocenters. The molecule has 3 amide bonds. The number of hydrogen-bond donors (Lipinski definition) is 2. The molecule has 12 heteroatoms. The Kier molecular flexibility index (Phi) is 4.55. The van der Waals surface area contributed by atoms with Gasteiger partial charge in [-0.2, -0.15) is 13.5 Å². The van der Waals surface area contributed by atoms with Crippen LogP contribution in [0.1, 0.15) is 25.7 Å². The van der Waals surface area contributed by atoms with Gasteiger partial charge in [-0.3, -0.25) is 14.2 Å². The fourth-order valence-electron chi connectivity index (χ4n) is 4.35. The molecule has 0 radical (unpaired) electrons. The van der Waals surface area contributed by atoms with Crippen LogP contribution in [0.15, 0.2) is 0 Å². The molecule has 0 aromatic rings. The Hall–Kier alpha value is -1.47. The van der Waals surface area contributed by atoms with Crippen molar-refractivity contribution in [3.05, 3.63) is 0 Å². The number of hydrogen-bond acceptors (Lipinski definition) is 7. The number of piperidine rings is 1. The molecule has 4 rings (SSSR count). The van der Waals surface area contributed by atoms with E-state index in [0.29, 0.717) is 29.7 Å². The zero-order valence-electron chi connectivity index (χ0n) is 13.9. The minimum Gasteiger partial charge on any atom is -0.381 e. The van der Waals surface area contributed by atoms with Gasteiger partial charge in [0.15, 0.2) is 0 Å². The Balaban J connectivity index is 1.32. The molecule has 1 aliphatic carbocycles. The molecule has 0 spiro atoms. The highest BCUT2D eigenvalue weighted by Gasteiger charge is 2.49. The second-order valence-electron chi connectivity index (χ2n) is 7.25. The predicted molar refractivity (Wildman–Crippen MR) is 83.4 cm³/mol. The van der Waals surface area contributed by atoms with Gasteiger partial charge in [-0.05, 0) is 37.5 Å². The maximum absolute atomic E-state index is 12.4. The summed E-state index contributed by atoms with van der Waals surface area (Å²) in [5, 5.41) is 0.613. The van der Waals surface area contributed by atoms with Crippen molar-refractivity contribution in [2.24, 2.45) is 11.8 Å². The summed E-state index contributed by atoms with van der Waals surface area (Å²) in [5.41, 5.74) is 2.45. The van der Waals surface area contributed by atoms with Gasteiger partial charge in [0.05, 0.1) is 12.1 Å². The first-order valence-corrected chi connectivity index (χ1v) is 9.98. The number of fused-ring (bicyclic) bond motifs is 3. The lowest BCUT2D eigenvalue weighted by atomic mass is 10.0. The Morgan fingerprint density at radius 2 is 1.92 bits per heavy atom. The smallest absolute Gasteiger partial charge is 0.381 e. The van der Waals surface area contributed by atoms with Gasteiger partial charge in [-0.1, -0.05) is 0 Å². The summed E-state index contributed by atoms with van der Waals surface area (Å²) in [6.07, 6.45) is 2.32. The van der Waals surface area contributed by atoms with E-state index in [2.05, 4.69) is 9.76 Å². The highest BCUT2D eigenvalue weighted by Crippen LogP contribution is 2.38. The molecular weight excluding hydrogens is 370 g/mol. The van der Waals surface area contributed by atoms with Crippen molar-refractivity contribution < 1.29 is 36.4 Å². The van der Waals surface area contributed by atoms with Crippen molar-refractivity contribution in [1.82, 2.24) is 15.4 Å². The summed E-state index contributed by atoms with van der Waals surface area (Å²) in [7, 11) is -4.80. The van der Waals surface area contributed by atoms with E-state index in [9.17, 15) is 18.0 Å². The van der Waals surface area contributed by atoms with Gasteiger partial charge in [0.1, 0.15) is 6.04 Å². The molecule has 1 saturated carbocycles. The second-order valence-corrected chi connectivity index (χ2v) is 8.25. The SMILES string of the molecule is O=C(NOC1CC2COCC2C1)[C@@H]1CC[C@@H]2CN1C(=O)N2OS(=O)(=O)O. The molecule has 4 atom stereocenters. The lowest BCUT2D eigenvalue weighted by Gasteiger charge is -2.29. The van der Waals surface area contributed by atoms with Crippen LogP contribution in [0.5, 0.6) is 0 Å². The van der Waals surface area contributed by atoms with Gasteiger partial charge in [0.25, 0.3) is 5.91 Å². The highest BCUT2D eigenvalue weighted by atomic mass is 32.3. The van der Waals surface area contributed by atoms with E-state index in [4.69, 9.17) is 14.1 Å². The number of rotatable bonds is 5. The van der Waals surface area contributed by atoms with Gasteiger partial charge in [0.2, 0.25) is 0 Å². The Labute approximate surface area is 150 Å². The number of ether oxygens (including phenoxy) is 1. The van der Waals surface area contributed by atoms with Gasteiger partial charge >= 0.3 is 16.4 Å². The zero-order chi connectivity index (χ0) is 18.5. The number of carbonyl (C=O) groups excluding carboxylic acids is 2. The monoisotopic (exact) mass is 391 g/mol. The van der Waals surface area contributed by atoms with Crippen LogP contribution in [0.25, 0.3) is 0 Å². The van der Waals surface area contributed by atoms with Gasteiger partial charge in [-0.25, -0.2) is 10.3 Å². The molecule has 3 heterocycles. The summed E-state index contributed by atoms with van der Waals surface area (Å²) in [5.74, 6) is 0.496. The fourth-order valence-corrected chi connectivity index (χ4v) is 4.73. The fraction of sp³-hybridized carbons (Fsp3) is 0.857. The minimum absolute atomic E-state index is 0.0668.